The molecule has 0 saturated carbocycles. The number of rotatable bonds is 2. The fourth-order valence-electron chi connectivity index (χ4n) is 2.44. The van der Waals surface area contributed by atoms with Crippen LogP contribution in [0.15, 0.2) is 60.7 Å². The van der Waals surface area contributed by atoms with Crippen molar-refractivity contribution in [1.82, 2.24) is 4.90 Å². The zero-order valence-electron chi connectivity index (χ0n) is 11.6. The third-order valence-electron chi connectivity index (χ3n) is 3.58. The fourth-order valence-corrected chi connectivity index (χ4v) is 2.44. The molecule has 3 rings (SSSR count). The van der Waals surface area contributed by atoms with Crippen LogP contribution in [-0.2, 0) is 9.53 Å². The van der Waals surface area contributed by atoms with Crippen LogP contribution in [0.25, 0.3) is 0 Å². The standard InChI is InChI=1S/C17H15NO3/c1-12-17(20)21-16(14-10-6-3-7-11-14)18(12)15(19)13-8-4-2-5-9-13/h2-12,16H,1H3. The Labute approximate surface area is 123 Å². The van der Waals surface area contributed by atoms with Crippen LogP contribution >= 0.6 is 0 Å². The number of hydrogen-bond donors (Lipinski definition) is 0. The Hall–Kier alpha value is -2.62. The Balaban J connectivity index is 1.97. The van der Waals surface area contributed by atoms with E-state index < -0.39 is 12.3 Å². The van der Waals surface area contributed by atoms with Crippen molar-refractivity contribution in [3.05, 3.63) is 71.8 Å². The predicted octanol–water partition coefficient (Wildman–Crippen LogP) is 2.77. The van der Waals surface area contributed by atoms with Crippen LogP contribution in [0.5, 0.6) is 0 Å². The molecule has 1 amide bonds. The van der Waals surface area contributed by atoms with Crippen molar-refractivity contribution in [1.29, 1.82) is 0 Å². The Bertz CT molecular complexity index is 654. The summed E-state index contributed by atoms with van der Waals surface area (Å²) in [6.07, 6.45) is -0.665. The summed E-state index contributed by atoms with van der Waals surface area (Å²) in [4.78, 5) is 26.1. The second kappa shape index (κ2) is 5.40. The number of benzene rings is 2. The summed E-state index contributed by atoms with van der Waals surface area (Å²) in [5.74, 6) is -0.587. The third-order valence-corrected chi connectivity index (χ3v) is 3.58. The van der Waals surface area contributed by atoms with Crippen LogP contribution in [0.3, 0.4) is 0 Å². The molecule has 2 atom stereocenters. The molecule has 1 aliphatic rings. The average molecular weight is 281 g/mol. The molecule has 106 valence electrons. The van der Waals surface area contributed by atoms with E-state index in [2.05, 4.69) is 0 Å². The number of carbonyl (C=O) groups excluding carboxylic acids is 2. The van der Waals surface area contributed by atoms with E-state index >= 15 is 0 Å². The van der Waals surface area contributed by atoms with E-state index in [4.69, 9.17) is 4.74 Å². The summed E-state index contributed by atoms with van der Waals surface area (Å²) in [5.41, 5.74) is 1.34. The first-order valence-electron chi connectivity index (χ1n) is 6.81. The minimum atomic E-state index is -0.665. The van der Waals surface area contributed by atoms with Gasteiger partial charge in [-0.2, -0.15) is 0 Å². The maximum Gasteiger partial charge on any atom is 0.330 e. The molecule has 1 heterocycles. The highest BCUT2D eigenvalue weighted by atomic mass is 16.6. The highest BCUT2D eigenvalue weighted by molar-refractivity contribution is 5.98. The zero-order chi connectivity index (χ0) is 14.8. The number of esters is 1. The monoisotopic (exact) mass is 281 g/mol. The lowest BCUT2D eigenvalue weighted by molar-refractivity contribution is -0.142. The van der Waals surface area contributed by atoms with Crippen molar-refractivity contribution in [3.8, 4) is 0 Å². The normalized spacial score (nSPS) is 21.2. The number of cyclic esters (lactones) is 1. The number of nitrogens with zero attached hydrogens (tertiary/aromatic N) is 1. The summed E-state index contributed by atoms with van der Waals surface area (Å²) in [6, 6.07) is 17.6. The van der Waals surface area contributed by atoms with Gasteiger partial charge in [0.25, 0.3) is 5.91 Å². The lowest BCUT2D eigenvalue weighted by Crippen LogP contribution is -2.37. The molecule has 0 aromatic heterocycles. The van der Waals surface area contributed by atoms with Gasteiger partial charge < -0.3 is 4.74 Å². The minimum Gasteiger partial charge on any atom is -0.435 e. The van der Waals surface area contributed by atoms with Crippen LogP contribution in [0.1, 0.15) is 29.1 Å². The van der Waals surface area contributed by atoms with Gasteiger partial charge in [0.1, 0.15) is 6.04 Å². The number of hydrogen-bond acceptors (Lipinski definition) is 3. The molecule has 2 aromatic rings. The first-order valence-corrected chi connectivity index (χ1v) is 6.81. The van der Waals surface area contributed by atoms with Gasteiger partial charge in [-0.05, 0) is 19.1 Å². The van der Waals surface area contributed by atoms with Gasteiger partial charge in [0, 0.05) is 11.1 Å². The summed E-state index contributed by atoms with van der Waals surface area (Å²) in [7, 11) is 0. The molecule has 2 unspecified atom stereocenters. The molecule has 2 aromatic carbocycles. The average Bonchev–Trinajstić information content (AvgIpc) is 2.84. The van der Waals surface area contributed by atoms with E-state index in [1.54, 1.807) is 31.2 Å². The summed E-state index contributed by atoms with van der Waals surface area (Å²) >= 11 is 0. The first kappa shape index (κ1) is 13.4. The molecular weight excluding hydrogens is 266 g/mol. The molecule has 0 radical (unpaired) electrons. The van der Waals surface area contributed by atoms with Crippen molar-refractivity contribution < 1.29 is 14.3 Å². The molecular formula is C17H15NO3. The second-order valence-corrected chi connectivity index (χ2v) is 4.95. The minimum absolute atomic E-state index is 0.206. The van der Waals surface area contributed by atoms with Crippen LogP contribution in [-0.4, -0.2) is 22.8 Å². The Morgan fingerprint density at radius 2 is 1.57 bits per heavy atom. The van der Waals surface area contributed by atoms with Gasteiger partial charge in [0.15, 0.2) is 0 Å². The largest absolute Gasteiger partial charge is 0.435 e. The summed E-state index contributed by atoms with van der Waals surface area (Å²) in [6.45, 7) is 1.69. The van der Waals surface area contributed by atoms with Crippen LogP contribution in [0.2, 0.25) is 0 Å². The number of amides is 1. The maximum atomic E-state index is 12.7. The molecule has 1 saturated heterocycles. The van der Waals surface area contributed by atoms with Crippen molar-refractivity contribution in [3.63, 3.8) is 0 Å². The maximum absolute atomic E-state index is 12.7. The number of carbonyl (C=O) groups is 2. The van der Waals surface area contributed by atoms with Gasteiger partial charge in [-0.15, -0.1) is 0 Å². The highest BCUT2D eigenvalue weighted by Gasteiger charge is 2.43. The highest BCUT2D eigenvalue weighted by Crippen LogP contribution is 2.32. The number of ether oxygens (including phenoxy) is 1. The molecule has 4 nitrogen and oxygen atoms in total. The lowest BCUT2D eigenvalue weighted by atomic mass is 10.1. The Morgan fingerprint density at radius 3 is 2.19 bits per heavy atom. The van der Waals surface area contributed by atoms with Gasteiger partial charge in [0.2, 0.25) is 6.23 Å². The third kappa shape index (κ3) is 2.40. The quantitative estimate of drug-likeness (QED) is 0.795. The Morgan fingerprint density at radius 1 is 1.00 bits per heavy atom. The van der Waals surface area contributed by atoms with E-state index in [9.17, 15) is 9.59 Å². The molecule has 0 aliphatic carbocycles. The second-order valence-electron chi connectivity index (χ2n) is 4.95. The molecule has 0 N–H and O–H groups in total. The SMILES string of the molecule is CC1C(=O)OC(c2ccccc2)N1C(=O)c1ccccc1. The first-order chi connectivity index (χ1) is 10.2. The molecule has 4 heteroatoms. The smallest absolute Gasteiger partial charge is 0.330 e. The Kier molecular flexibility index (Phi) is 3.44. The van der Waals surface area contributed by atoms with Crippen molar-refractivity contribution >= 4 is 11.9 Å². The van der Waals surface area contributed by atoms with E-state index in [1.807, 2.05) is 36.4 Å². The molecule has 0 spiro atoms. The predicted molar refractivity (Wildman–Crippen MR) is 77.3 cm³/mol. The van der Waals surface area contributed by atoms with Crippen LogP contribution in [0, 0.1) is 0 Å². The van der Waals surface area contributed by atoms with E-state index in [1.165, 1.54) is 4.90 Å². The van der Waals surface area contributed by atoms with Gasteiger partial charge >= 0.3 is 5.97 Å². The fraction of sp³-hybridized carbons (Fsp3) is 0.176. The molecule has 1 aliphatic heterocycles. The summed E-state index contributed by atoms with van der Waals surface area (Å²) in [5, 5.41) is 0. The molecule has 21 heavy (non-hydrogen) atoms. The van der Waals surface area contributed by atoms with Gasteiger partial charge in [0.05, 0.1) is 0 Å². The van der Waals surface area contributed by atoms with Crippen LogP contribution in [0.4, 0.5) is 0 Å². The van der Waals surface area contributed by atoms with E-state index in [0.717, 1.165) is 5.56 Å². The van der Waals surface area contributed by atoms with Crippen molar-refractivity contribution in [2.75, 3.05) is 0 Å². The zero-order valence-corrected chi connectivity index (χ0v) is 11.6. The van der Waals surface area contributed by atoms with Crippen molar-refractivity contribution in [2.24, 2.45) is 0 Å². The molecule has 0 bridgehead atoms. The van der Waals surface area contributed by atoms with Gasteiger partial charge in [-0.1, -0.05) is 48.5 Å². The topological polar surface area (TPSA) is 46.6 Å². The van der Waals surface area contributed by atoms with E-state index in [0.29, 0.717) is 5.56 Å². The lowest BCUT2D eigenvalue weighted by Gasteiger charge is -2.24. The molecule has 1 fully saturated rings. The van der Waals surface area contributed by atoms with Crippen LogP contribution < -0.4 is 0 Å². The summed E-state index contributed by atoms with van der Waals surface area (Å²) < 4.78 is 5.38. The van der Waals surface area contributed by atoms with Gasteiger partial charge in [-0.3, -0.25) is 9.69 Å². The van der Waals surface area contributed by atoms with Gasteiger partial charge in [-0.25, -0.2) is 4.79 Å². The van der Waals surface area contributed by atoms with Crippen molar-refractivity contribution in [2.45, 2.75) is 19.2 Å². The van der Waals surface area contributed by atoms with E-state index in [-0.39, 0.29) is 11.9 Å².